The van der Waals surface area contributed by atoms with Crippen LogP contribution in [-0.4, -0.2) is 25.2 Å². The van der Waals surface area contributed by atoms with E-state index in [1.54, 1.807) is 13.0 Å². The third-order valence-corrected chi connectivity index (χ3v) is 2.91. The summed E-state index contributed by atoms with van der Waals surface area (Å²) >= 11 is 0. The summed E-state index contributed by atoms with van der Waals surface area (Å²) in [4.78, 5) is 11.4. The van der Waals surface area contributed by atoms with Crippen LogP contribution in [0.25, 0.3) is 0 Å². The summed E-state index contributed by atoms with van der Waals surface area (Å²) < 4.78 is 15.4. The number of allylic oxidation sites excluding steroid dienone is 1. The minimum atomic E-state index is -0.826. The van der Waals surface area contributed by atoms with Crippen LogP contribution in [0.5, 0.6) is 0 Å². The number of esters is 1. The molecule has 0 aliphatic heterocycles. The summed E-state index contributed by atoms with van der Waals surface area (Å²) in [7, 11) is -0.201. The number of nitrogens with two attached hydrogens (primary N) is 2. The van der Waals surface area contributed by atoms with Gasteiger partial charge in [0.15, 0.2) is 0 Å². The summed E-state index contributed by atoms with van der Waals surface area (Å²) in [6.07, 6.45) is 6.32. The molecule has 0 aromatic heterocycles. The fraction of sp³-hybridized carbons (Fsp3) is 0.692. The Morgan fingerprint density at radius 1 is 1.37 bits per heavy atom. The molecule has 0 spiro atoms. The minimum absolute atomic E-state index is 0.201. The van der Waals surface area contributed by atoms with E-state index in [-0.39, 0.29) is 7.92 Å². The Balaban J connectivity index is 4.32. The van der Waals surface area contributed by atoms with Crippen molar-refractivity contribution >= 4 is 13.9 Å². The Morgan fingerprint density at radius 2 is 2.05 bits per heavy atom. The summed E-state index contributed by atoms with van der Waals surface area (Å²) in [6, 6.07) is -0.826. The van der Waals surface area contributed by atoms with Crippen LogP contribution in [0.1, 0.15) is 39.0 Å². The monoisotopic (exact) mass is 286 g/mol. The fourth-order valence-corrected chi connectivity index (χ4v) is 1.88. The van der Waals surface area contributed by atoms with Crippen LogP contribution in [0.3, 0.4) is 0 Å². The number of hydrogen-bond donors (Lipinski definition) is 2. The van der Waals surface area contributed by atoms with Crippen LogP contribution in [0.4, 0.5) is 0 Å². The molecule has 0 bridgehead atoms. The molecule has 0 aliphatic rings. The molecule has 0 saturated heterocycles. The van der Waals surface area contributed by atoms with Gasteiger partial charge in [0.1, 0.15) is 0 Å². The van der Waals surface area contributed by atoms with Gasteiger partial charge in [-0.3, -0.25) is 0 Å². The molecular weight excluding hydrogens is 263 g/mol. The number of carbonyl (C=O) groups is 1. The van der Waals surface area contributed by atoms with Gasteiger partial charge in [-0.1, -0.05) is 0 Å². The van der Waals surface area contributed by atoms with Gasteiger partial charge in [0.2, 0.25) is 0 Å². The first-order valence-corrected chi connectivity index (χ1v) is 7.38. The third kappa shape index (κ3) is 9.69. The molecule has 19 heavy (non-hydrogen) atoms. The van der Waals surface area contributed by atoms with Gasteiger partial charge in [-0.05, 0) is 0 Å². The van der Waals surface area contributed by atoms with E-state index >= 15 is 0 Å². The summed E-state index contributed by atoms with van der Waals surface area (Å²) in [5.74, 6) is -0.479. The number of rotatable bonds is 9. The molecule has 0 aliphatic carbocycles. The van der Waals surface area contributed by atoms with E-state index in [1.165, 1.54) is 0 Å². The molecule has 5 nitrogen and oxygen atoms in total. The maximum atomic E-state index is 11.4. The first kappa shape index (κ1) is 18.1. The first-order chi connectivity index (χ1) is 9.15. The molecule has 108 valence electrons. The van der Waals surface area contributed by atoms with E-state index in [4.69, 9.17) is 16.2 Å². The molecule has 0 aromatic carbocycles. The second kappa shape index (κ2) is 12.2. The molecule has 0 aromatic rings. The molecule has 0 amide bonds. The van der Waals surface area contributed by atoms with Crippen molar-refractivity contribution in [2.24, 2.45) is 11.5 Å². The van der Waals surface area contributed by atoms with Crippen molar-refractivity contribution < 1.29 is 14.1 Å². The molecule has 0 rings (SSSR count). The van der Waals surface area contributed by atoms with Crippen molar-refractivity contribution in [3.05, 3.63) is 11.6 Å². The number of hydrogen-bond acceptors (Lipinski definition) is 5. The van der Waals surface area contributed by atoms with E-state index < -0.39 is 12.0 Å². The normalized spacial score (nSPS) is 12.7. The van der Waals surface area contributed by atoms with Gasteiger partial charge in [0.05, 0.1) is 0 Å². The second-order valence-corrected chi connectivity index (χ2v) is 4.53. The van der Waals surface area contributed by atoms with Crippen molar-refractivity contribution in [1.82, 2.24) is 0 Å². The SMILES string of the molecule is CCOC(=O)C(N)C=C(C#P=O)CCCCCCN. The van der Waals surface area contributed by atoms with Crippen molar-refractivity contribution in [1.29, 1.82) is 0 Å². The zero-order valence-electron chi connectivity index (χ0n) is 11.4. The Hall–Kier alpha value is -0.860. The standard InChI is InChI=1S/C13H23N2O3P/c1-2-18-13(16)12(15)9-11(10-19-17)7-5-3-4-6-8-14/h9,12H,2-8,14-15H2,1H3. The Labute approximate surface area is 115 Å². The molecule has 0 saturated carbocycles. The van der Waals surface area contributed by atoms with Crippen molar-refractivity contribution in [3.8, 4) is 5.63 Å². The van der Waals surface area contributed by atoms with Crippen LogP contribution >= 0.6 is 7.92 Å². The summed E-state index contributed by atoms with van der Waals surface area (Å²) in [5.41, 5.74) is 14.5. The number of ether oxygens (including phenoxy) is 1. The van der Waals surface area contributed by atoms with Crippen molar-refractivity contribution in [2.75, 3.05) is 13.2 Å². The summed E-state index contributed by atoms with van der Waals surface area (Å²) in [5, 5.41) is 0. The van der Waals surface area contributed by atoms with Gasteiger partial charge in [-0.2, -0.15) is 0 Å². The van der Waals surface area contributed by atoms with Crippen molar-refractivity contribution in [2.45, 2.75) is 45.1 Å². The molecule has 0 fully saturated rings. The van der Waals surface area contributed by atoms with E-state index in [2.05, 4.69) is 5.63 Å². The van der Waals surface area contributed by atoms with Gasteiger partial charge >= 0.3 is 115 Å². The Morgan fingerprint density at radius 3 is 2.63 bits per heavy atom. The molecule has 1 unspecified atom stereocenters. The van der Waals surface area contributed by atoms with Gasteiger partial charge in [0.25, 0.3) is 0 Å². The quantitative estimate of drug-likeness (QED) is 0.384. The maximum absolute atomic E-state index is 11.4. The van der Waals surface area contributed by atoms with Gasteiger partial charge < -0.3 is 0 Å². The predicted molar refractivity (Wildman–Crippen MR) is 76.3 cm³/mol. The molecule has 1 atom stereocenters. The zero-order chi connectivity index (χ0) is 14.5. The van der Waals surface area contributed by atoms with Crippen LogP contribution in [0, 0.1) is 5.63 Å². The van der Waals surface area contributed by atoms with E-state index in [9.17, 15) is 9.36 Å². The molecular formula is C13H23N2O3P. The molecule has 4 N–H and O–H groups in total. The van der Waals surface area contributed by atoms with E-state index in [1.807, 2.05) is 0 Å². The fourth-order valence-electron chi connectivity index (χ4n) is 1.57. The van der Waals surface area contributed by atoms with Gasteiger partial charge in [0, 0.05) is 0 Å². The van der Waals surface area contributed by atoms with Crippen LogP contribution in [-0.2, 0) is 14.1 Å². The molecule has 6 heteroatoms. The average molecular weight is 286 g/mol. The van der Waals surface area contributed by atoms with Crippen molar-refractivity contribution in [3.63, 3.8) is 0 Å². The van der Waals surface area contributed by atoms with Crippen LogP contribution in [0.15, 0.2) is 11.6 Å². The topological polar surface area (TPSA) is 95.4 Å². The first-order valence-electron chi connectivity index (χ1n) is 6.57. The Kier molecular flexibility index (Phi) is 11.6. The van der Waals surface area contributed by atoms with Gasteiger partial charge in [-0.15, -0.1) is 0 Å². The average Bonchev–Trinajstić information content (AvgIpc) is 2.38. The Bertz CT molecular complexity index is 390. The number of carbonyl (C=O) groups excluding carboxylic acids is 1. The third-order valence-electron chi connectivity index (χ3n) is 2.53. The van der Waals surface area contributed by atoms with Crippen LogP contribution < -0.4 is 11.5 Å². The van der Waals surface area contributed by atoms with Gasteiger partial charge in [-0.25, -0.2) is 0 Å². The predicted octanol–water partition coefficient (Wildman–Crippen LogP) is 1.96. The van der Waals surface area contributed by atoms with E-state index in [0.29, 0.717) is 25.1 Å². The number of unbranched alkanes of at least 4 members (excludes halogenated alkanes) is 3. The van der Waals surface area contributed by atoms with Crippen LogP contribution in [0.2, 0.25) is 0 Å². The second-order valence-electron chi connectivity index (χ2n) is 4.13. The molecule has 0 heterocycles. The zero-order valence-corrected chi connectivity index (χ0v) is 12.3. The van der Waals surface area contributed by atoms with E-state index in [0.717, 1.165) is 25.7 Å². The molecule has 0 radical (unpaired) electrons. The summed E-state index contributed by atoms with van der Waals surface area (Å²) in [6.45, 7) is 2.72.